The van der Waals surface area contributed by atoms with Crippen LogP contribution in [0.5, 0.6) is 17.2 Å². The summed E-state index contributed by atoms with van der Waals surface area (Å²) in [6.07, 6.45) is 0. The van der Waals surface area contributed by atoms with Gasteiger partial charge in [-0.3, -0.25) is 0 Å². The Labute approximate surface area is 137 Å². The molecular formula is C17H14N2O3S. The van der Waals surface area contributed by atoms with E-state index in [4.69, 9.17) is 14.2 Å². The maximum atomic E-state index is 5.78. The molecule has 1 aliphatic rings. The standard InChI is InChI=1S/C17H14N2O3S/c1-2-4-12(5-3-1)17-19-18-16(23-17)11-22-13-6-7-14-15(10-13)21-9-8-20-14/h1-7,10H,8-9,11H2. The number of fused-ring (bicyclic) bond motifs is 1. The molecule has 0 aliphatic carbocycles. The van der Waals surface area contributed by atoms with Crippen molar-refractivity contribution >= 4 is 11.3 Å². The van der Waals surface area contributed by atoms with E-state index in [9.17, 15) is 0 Å². The van der Waals surface area contributed by atoms with E-state index in [1.807, 2.05) is 48.5 Å². The number of hydrogen-bond donors (Lipinski definition) is 0. The lowest BCUT2D eigenvalue weighted by Crippen LogP contribution is -2.15. The van der Waals surface area contributed by atoms with Gasteiger partial charge in [0.15, 0.2) is 16.5 Å². The van der Waals surface area contributed by atoms with E-state index in [0.717, 1.165) is 32.8 Å². The lowest BCUT2D eigenvalue weighted by Gasteiger charge is -2.18. The summed E-state index contributed by atoms with van der Waals surface area (Å²) in [6.45, 7) is 1.53. The van der Waals surface area contributed by atoms with Gasteiger partial charge in [0.05, 0.1) is 0 Å². The second-order valence-corrected chi connectivity index (χ2v) is 6.02. The molecule has 0 spiro atoms. The Hall–Kier alpha value is -2.60. The molecule has 0 unspecified atom stereocenters. The van der Waals surface area contributed by atoms with Gasteiger partial charge in [0.1, 0.15) is 30.6 Å². The van der Waals surface area contributed by atoms with Gasteiger partial charge in [-0.15, -0.1) is 10.2 Å². The van der Waals surface area contributed by atoms with Crippen LogP contribution in [0.3, 0.4) is 0 Å². The average Bonchev–Trinajstić information content (AvgIpc) is 3.10. The SMILES string of the molecule is c1ccc(-c2nnc(COc3ccc4c(c3)OCCO4)s2)cc1. The zero-order chi connectivity index (χ0) is 15.5. The fraction of sp³-hybridized carbons (Fsp3) is 0.176. The highest BCUT2D eigenvalue weighted by Gasteiger charge is 2.13. The second kappa shape index (κ2) is 6.26. The summed E-state index contributed by atoms with van der Waals surface area (Å²) in [7, 11) is 0. The third-order valence-corrected chi connectivity index (χ3v) is 4.31. The zero-order valence-electron chi connectivity index (χ0n) is 12.3. The van der Waals surface area contributed by atoms with Crippen molar-refractivity contribution in [1.82, 2.24) is 10.2 Å². The smallest absolute Gasteiger partial charge is 0.165 e. The van der Waals surface area contributed by atoms with Crippen LogP contribution in [0.2, 0.25) is 0 Å². The van der Waals surface area contributed by atoms with Crippen molar-refractivity contribution in [3.63, 3.8) is 0 Å². The Morgan fingerprint density at radius 1 is 0.957 bits per heavy atom. The second-order valence-electron chi connectivity index (χ2n) is 4.96. The zero-order valence-corrected chi connectivity index (χ0v) is 13.1. The topological polar surface area (TPSA) is 53.5 Å². The summed E-state index contributed by atoms with van der Waals surface area (Å²) in [6, 6.07) is 15.6. The summed E-state index contributed by atoms with van der Waals surface area (Å²) in [5, 5.41) is 10.1. The molecule has 2 heterocycles. The quantitative estimate of drug-likeness (QED) is 0.734. The summed E-state index contributed by atoms with van der Waals surface area (Å²) < 4.78 is 16.8. The molecule has 0 atom stereocenters. The molecule has 1 aliphatic heterocycles. The highest BCUT2D eigenvalue weighted by molar-refractivity contribution is 7.14. The van der Waals surface area contributed by atoms with E-state index >= 15 is 0 Å². The first-order valence-corrected chi connectivity index (χ1v) is 8.10. The predicted octanol–water partition coefficient (Wildman–Crippen LogP) is 3.56. The van der Waals surface area contributed by atoms with Crippen molar-refractivity contribution in [3.05, 3.63) is 53.5 Å². The van der Waals surface area contributed by atoms with Gasteiger partial charge < -0.3 is 14.2 Å². The van der Waals surface area contributed by atoms with Crippen LogP contribution in [0.1, 0.15) is 5.01 Å². The van der Waals surface area contributed by atoms with Crippen LogP contribution in [0.4, 0.5) is 0 Å². The van der Waals surface area contributed by atoms with Crippen molar-refractivity contribution in [2.24, 2.45) is 0 Å². The van der Waals surface area contributed by atoms with E-state index < -0.39 is 0 Å². The van der Waals surface area contributed by atoms with Crippen molar-refractivity contribution < 1.29 is 14.2 Å². The predicted molar refractivity (Wildman–Crippen MR) is 87.1 cm³/mol. The maximum absolute atomic E-state index is 5.78. The van der Waals surface area contributed by atoms with Gasteiger partial charge in [-0.25, -0.2) is 0 Å². The molecule has 23 heavy (non-hydrogen) atoms. The molecule has 0 fully saturated rings. The van der Waals surface area contributed by atoms with Gasteiger partial charge in [0.25, 0.3) is 0 Å². The molecule has 6 heteroatoms. The molecule has 2 aromatic carbocycles. The minimum atomic E-state index is 0.379. The minimum absolute atomic E-state index is 0.379. The molecule has 0 amide bonds. The van der Waals surface area contributed by atoms with Crippen LogP contribution >= 0.6 is 11.3 Å². The normalized spacial score (nSPS) is 12.9. The third kappa shape index (κ3) is 3.12. The number of ether oxygens (including phenoxy) is 3. The van der Waals surface area contributed by atoms with E-state index in [1.54, 1.807) is 0 Å². The van der Waals surface area contributed by atoms with Gasteiger partial charge in [0.2, 0.25) is 0 Å². The number of hydrogen-bond acceptors (Lipinski definition) is 6. The molecule has 0 radical (unpaired) electrons. The summed E-state index contributed by atoms with van der Waals surface area (Å²) in [5.74, 6) is 2.20. The Balaban J connectivity index is 1.44. The van der Waals surface area contributed by atoms with Gasteiger partial charge in [-0.2, -0.15) is 0 Å². The Morgan fingerprint density at radius 2 is 1.78 bits per heavy atom. The van der Waals surface area contributed by atoms with Crippen molar-refractivity contribution in [3.8, 4) is 27.8 Å². The summed E-state index contributed by atoms with van der Waals surface area (Å²) >= 11 is 1.53. The largest absolute Gasteiger partial charge is 0.486 e. The molecule has 1 aromatic heterocycles. The number of benzene rings is 2. The lowest BCUT2D eigenvalue weighted by molar-refractivity contribution is 0.170. The summed E-state index contributed by atoms with van der Waals surface area (Å²) in [4.78, 5) is 0. The van der Waals surface area contributed by atoms with Crippen LogP contribution in [0, 0.1) is 0 Å². The van der Waals surface area contributed by atoms with Gasteiger partial charge in [-0.1, -0.05) is 41.7 Å². The van der Waals surface area contributed by atoms with E-state index in [2.05, 4.69) is 10.2 Å². The fourth-order valence-corrected chi connectivity index (χ4v) is 3.03. The highest BCUT2D eigenvalue weighted by Crippen LogP contribution is 2.34. The van der Waals surface area contributed by atoms with Crippen LogP contribution in [-0.2, 0) is 6.61 Å². The van der Waals surface area contributed by atoms with E-state index in [0.29, 0.717) is 19.8 Å². The monoisotopic (exact) mass is 326 g/mol. The molecule has 116 valence electrons. The lowest BCUT2D eigenvalue weighted by atomic mass is 10.2. The molecule has 3 aromatic rings. The molecule has 0 saturated heterocycles. The first-order valence-electron chi connectivity index (χ1n) is 7.29. The Morgan fingerprint density at radius 3 is 2.65 bits per heavy atom. The number of aromatic nitrogens is 2. The minimum Gasteiger partial charge on any atom is -0.486 e. The van der Waals surface area contributed by atoms with E-state index in [1.165, 1.54) is 11.3 Å². The van der Waals surface area contributed by atoms with Crippen molar-refractivity contribution in [2.75, 3.05) is 13.2 Å². The Bertz CT molecular complexity index is 805. The van der Waals surface area contributed by atoms with Gasteiger partial charge in [0, 0.05) is 11.6 Å². The average molecular weight is 326 g/mol. The Kier molecular flexibility index (Phi) is 3.81. The molecule has 0 saturated carbocycles. The van der Waals surface area contributed by atoms with Crippen molar-refractivity contribution in [1.29, 1.82) is 0 Å². The molecule has 0 N–H and O–H groups in total. The number of nitrogens with zero attached hydrogens (tertiary/aromatic N) is 2. The van der Waals surface area contributed by atoms with Gasteiger partial charge in [-0.05, 0) is 12.1 Å². The van der Waals surface area contributed by atoms with Crippen LogP contribution < -0.4 is 14.2 Å². The molecule has 0 bridgehead atoms. The fourth-order valence-electron chi connectivity index (χ4n) is 2.27. The van der Waals surface area contributed by atoms with Crippen molar-refractivity contribution in [2.45, 2.75) is 6.61 Å². The highest BCUT2D eigenvalue weighted by atomic mass is 32.1. The molecule has 4 rings (SSSR count). The van der Waals surface area contributed by atoms with Gasteiger partial charge >= 0.3 is 0 Å². The van der Waals surface area contributed by atoms with Crippen LogP contribution in [0.25, 0.3) is 10.6 Å². The summed E-state index contributed by atoms with van der Waals surface area (Å²) in [5.41, 5.74) is 1.07. The van der Waals surface area contributed by atoms with E-state index in [-0.39, 0.29) is 0 Å². The molecule has 5 nitrogen and oxygen atoms in total. The maximum Gasteiger partial charge on any atom is 0.165 e. The first kappa shape index (κ1) is 14.0. The van der Waals surface area contributed by atoms with Crippen LogP contribution in [0.15, 0.2) is 48.5 Å². The number of rotatable bonds is 4. The third-order valence-electron chi connectivity index (χ3n) is 3.36. The van der Waals surface area contributed by atoms with Crippen LogP contribution in [-0.4, -0.2) is 23.4 Å². The first-order chi connectivity index (χ1) is 11.4. The molecular weight excluding hydrogens is 312 g/mol.